The van der Waals surface area contributed by atoms with Gasteiger partial charge in [-0.05, 0) is 66.5 Å². The van der Waals surface area contributed by atoms with Crippen LogP contribution in [0.4, 0.5) is 23.2 Å². The molecule has 272 valence electrons. The maximum atomic E-state index is 17.6. The summed E-state index contributed by atoms with van der Waals surface area (Å²) in [5.74, 6) is -2.36. The summed E-state index contributed by atoms with van der Waals surface area (Å²) < 4.78 is 64.6. The van der Waals surface area contributed by atoms with Crippen LogP contribution in [-0.4, -0.2) is 84.9 Å². The summed E-state index contributed by atoms with van der Waals surface area (Å²) in [5, 5.41) is 9.48. The zero-order valence-electron chi connectivity index (χ0n) is 28.2. The first kappa shape index (κ1) is 39.0. The number of nitrogens with zero attached hydrogens (tertiary/aromatic N) is 3. The van der Waals surface area contributed by atoms with Gasteiger partial charge in [-0.2, -0.15) is 13.2 Å². The molecule has 1 amide bonds. The third kappa shape index (κ3) is 7.64. The van der Waals surface area contributed by atoms with Gasteiger partial charge in [0.05, 0.1) is 18.6 Å². The quantitative estimate of drug-likeness (QED) is 0.297. The summed E-state index contributed by atoms with van der Waals surface area (Å²) in [4.78, 5) is 31.6. The normalized spacial score (nSPS) is 26.3. The lowest BCUT2D eigenvalue weighted by atomic mass is 9.76. The molecule has 49 heavy (non-hydrogen) atoms. The Morgan fingerprint density at radius 2 is 1.53 bits per heavy atom. The number of carboxylic acids is 1. The summed E-state index contributed by atoms with van der Waals surface area (Å²) in [6.45, 7) is 5.49. The zero-order chi connectivity index (χ0) is 33.7. The molecule has 3 atom stereocenters. The Hall–Kier alpha value is -2.76. The Bertz CT molecular complexity index is 1480. The molecule has 1 N–H and O–H groups in total. The molecule has 2 aromatic carbocycles. The van der Waals surface area contributed by atoms with E-state index in [0.29, 0.717) is 49.5 Å². The SMILES string of the molecule is COc1ccc([C@@H]2CN(C3CCCC3)C[C@@]2(F)C(=O)N2CC(c3ccc(C(F)(F)F)cc3N3CCC(C(=O)O)CC3)C(C)(C)C2)cc1.Cl.Cl. The second-order valence-corrected chi connectivity index (χ2v) is 14.7. The van der Waals surface area contributed by atoms with Crippen LogP contribution in [0.1, 0.15) is 80.9 Å². The van der Waals surface area contributed by atoms with E-state index in [4.69, 9.17) is 4.74 Å². The molecule has 1 saturated carbocycles. The molecule has 13 heteroatoms. The van der Waals surface area contributed by atoms with Gasteiger partial charge in [-0.25, -0.2) is 4.39 Å². The number of carboxylic acid groups (broad SMARTS) is 1. The second kappa shape index (κ2) is 14.8. The van der Waals surface area contributed by atoms with Crippen LogP contribution >= 0.6 is 24.8 Å². The van der Waals surface area contributed by atoms with Gasteiger partial charge in [0.2, 0.25) is 5.67 Å². The van der Waals surface area contributed by atoms with Crippen molar-refractivity contribution in [3.8, 4) is 5.75 Å². The average molecular weight is 733 g/mol. The smallest absolute Gasteiger partial charge is 0.416 e. The van der Waals surface area contributed by atoms with Crippen LogP contribution in [0.2, 0.25) is 0 Å². The number of carbonyl (C=O) groups excluding carboxylic acids is 1. The number of carbonyl (C=O) groups is 2. The number of hydrogen-bond acceptors (Lipinski definition) is 5. The van der Waals surface area contributed by atoms with E-state index in [1.165, 1.54) is 6.07 Å². The predicted molar refractivity (Wildman–Crippen MR) is 185 cm³/mol. The summed E-state index contributed by atoms with van der Waals surface area (Å²) in [7, 11) is 1.57. The predicted octanol–water partition coefficient (Wildman–Crippen LogP) is 7.56. The van der Waals surface area contributed by atoms with E-state index in [9.17, 15) is 27.9 Å². The first-order valence-electron chi connectivity index (χ1n) is 16.8. The van der Waals surface area contributed by atoms with Gasteiger partial charge in [0.1, 0.15) is 5.75 Å². The maximum absolute atomic E-state index is 17.6. The van der Waals surface area contributed by atoms with Crippen molar-refractivity contribution in [3.05, 3.63) is 59.2 Å². The van der Waals surface area contributed by atoms with Gasteiger partial charge in [0.25, 0.3) is 5.91 Å². The van der Waals surface area contributed by atoms with Crippen molar-refractivity contribution in [2.75, 3.05) is 51.3 Å². The number of amides is 1. The van der Waals surface area contributed by atoms with Crippen molar-refractivity contribution < 1.29 is 37.0 Å². The Kier molecular flexibility index (Phi) is 11.8. The van der Waals surface area contributed by atoms with Gasteiger partial charge in [0, 0.05) is 62.8 Å². The van der Waals surface area contributed by atoms with Crippen LogP contribution in [0, 0.1) is 11.3 Å². The highest BCUT2D eigenvalue weighted by atomic mass is 35.5. The molecule has 2 aromatic rings. The van der Waals surface area contributed by atoms with E-state index < -0.39 is 46.5 Å². The fourth-order valence-corrected chi connectivity index (χ4v) is 8.55. The van der Waals surface area contributed by atoms with Crippen LogP contribution in [0.15, 0.2) is 42.5 Å². The highest BCUT2D eigenvalue weighted by molar-refractivity contribution is 5.88. The van der Waals surface area contributed by atoms with Crippen LogP contribution in [0.25, 0.3) is 0 Å². The molecule has 4 aliphatic rings. The van der Waals surface area contributed by atoms with Crippen molar-refractivity contribution >= 4 is 42.4 Å². The summed E-state index contributed by atoms with van der Waals surface area (Å²) in [5.41, 5.74) is -1.67. The number of hydrogen-bond donors (Lipinski definition) is 1. The number of ether oxygens (including phenoxy) is 1. The van der Waals surface area contributed by atoms with E-state index in [0.717, 1.165) is 43.4 Å². The lowest BCUT2D eigenvalue weighted by molar-refractivity contribution is -0.144. The van der Waals surface area contributed by atoms with Gasteiger partial charge in [-0.15, -0.1) is 24.8 Å². The molecule has 4 fully saturated rings. The molecule has 0 radical (unpaired) electrons. The molecular weight excluding hydrogens is 685 g/mol. The average Bonchev–Trinajstić information content (AvgIpc) is 3.78. The topological polar surface area (TPSA) is 73.3 Å². The minimum atomic E-state index is -4.55. The number of anilines is 1. The number of aliphatic carboxylic acids is 1. The van der Waals surface area contributed by atoms with E-state index in [-0.39, 0.29) is 56.4 Å². The monoisotopic (exact) mass is 731 g/mol. The Balaban J connectivity index is 0.00000270. The molecule has 3 heterocycles. The fraction of sp³-hybridized carbons (Fsp3) is 0.611. The van der Waals surface area contributed by atoms with Gasteiger partial charge in [-0.1, -0.05) is 44.9 Å². The van der Waals surface area contributed by atoms with Crippen molar-refractivity contribution in [3.63, 3.8) is 0 Å². The van der Waals surface area contributed by atoms with E-state index in [1.54, 1.807) is 24.1 Å². The first-order chi connectivity index (χ1) is 22.2. The lowest BCUT2D eigenvalue weighted by Gasteiger charge is -2.36. The Morgan fingerprint density at radius 3 is 2.10 bits per heavy atom. The van der Waals surface area contributed by atoms with Crippen molar-refractivity contribution in [2.45, 2.75) is 82.1 Å². The summed E-state index contributed by atoms with van der Waals surface area (Å²) >= 11 is 0. The van der Waals surface area contributed by atoms with E-state index >= 15 is 4.39 Å². The number of alkyl halides is 4. The first-order valence-corrected chi connectivity index (χ1v) is 16.8. The molecule has 3 saturated heterocycles. The van der Waals surface area contributed by atoms with Crippen LogP contribution in [0.3, 0.4) is 0 Å². The Morgan fingerprint density at radius 1 is 0.898 bits per heavy atom. The second-order valence-electron chi connectivity index (χ2n) is 14.7. The van der Waals surface area contributed by atoms with Gasteiger partial charge >= 0.3 is 12.1 Å². The number of rotatable bonds is 7. The van der Waals surface area contributed by atoms with Crippen molar-refractivity contribution in [2.24, 2.45) is 11.3 Å². The highest BCUT2D eigenvalue weighted by Gasteiger charge is 2.58. The fourth-order valence-electron chi connectivity index (χ4n) is 8.55. The zero-order valence-corrected chi connectivity index (χ0v) is 29.8. The van der Waals surface area contributed by atoms with Crippen LogP contribution < -0.4 is 9.64 Å². The Labute approximate surface area is 298 Å². The molecular formula is C36H47Cl2F4N3O4. The number of piperidine rings is 1. The number of halogens is 6. The van der Waals surface area contributed by atoms with E-state index in [2.05, 4.69) is 4.90 Å². The maximum Gasteiger partial charge on any atom is 0.416 e. The molecule has 6 rings (SSSR count). The van der Waals surface area contributed by atoms with E-state index in [1.807, 2.05) is 30.9 Å². The number of likely N-dealkylation sites (tertiary alicyclic amines) is 2. The molecule has 0 spiro atoms. The molecule has 0 bridgehead atoms. The standard InChI is InChI=1S/C36H45F4N3O4.2ClH/c1-34(2)21-43(20-30(34)28-13-10-25(36(38,39)40)18-31(28)41-16-14-24(15-17-41)32(44)45)33(46)35(37)22-42(26-6-4-5-7-26)19-29(35)23-8-11-27(47-3)12-9-23;;/h8-13,18,24,26,29-30H,4-7,14-17,19-22H2,1-3H3,(H,44,45);2*1H/t29-,30?,35-;;/m0../s1. The summed E-state index contributed by atoms with van der Waals surface area (Å²) in [6, 6.07) is 11.2. The minimum Gasteiger partial charge on any atom is -0.497 e. The highest BCUT2D eigenvalue weighted by Crippen LogP contribution is 2.50. The van der Waals surface area contributed by atoms with Crippen molar-refractivity contribution in [1.82, 2.24) is 9.80 Å². The van der Waals surface area contributed by atoms with Gasteiger partial charge in [0.15, 0.2) is 0 Å². The third-order valence-electron chi connectivity index (χ3n) is 11.3. The van der Waals surface area contributed by atoms with Gasteiger partial charge in [-0.3, -0.25) is 14.5 Å². The lowest BCUT2D eigenvalue weighted by Crippen LogP contribution is -2.50. The van der Waals surface area contributed by atoms with Crippen LogP contribution in [-0.2, 0) is 15.8 Å². The van der Waals surface area contributed by atoms with Gasteiger partial charge < -0.3 is 19.6 Å². The number of methoxy groups -OCH3 is 1. The molecule has 1 unspecified atom stereocenters. The minimum absolute atomic E-state index is 0. The third-order valence-corrected chi connectivity index (χ3v) is 11.3. The molecule has 7 nitrogen and oxygen atoms in total. The van der Waals surface area contributed by atoms with Crippen LogP contribution in [0.5, 0.6) is 5.75 Å². The molecule has 0 aromatic heterocycles. The van der Waals surface area contributed by atoms with Crippen molar-refractivity contribution in [1.29, 1.82) is 0 Å². The number of benzene rings is 2. The molecule has 3 aliphatic heterocycles. The largest absolute Gasteiger partial charge is 0.497 e. The summed E-state index contributed by atoms with van der Waals surface area (Å²) in [6.07, 6.45) is 0.263. The molecule has 1 aliphatic carbocycles.